The molecule has 4 nitrogen and oxygen atoms in total. The maximum atomic E-state index is 12.5. The normalized spacial score (nSPS) is 10.6. The van der Waals surface area contributed by atoms with Gasteiger partial charge in [-0.2, -0.15) is 5.26 Å². The monoisotopic (exact) mass is 343 g/mol. The van der Waals surface area contributed by atoms with Gasteiger partial charge in [0.1, 0.15) is 17.6 Å². The van der Waals surface area contributed by atoms with Crippen LogP contribution in [0.5, 0.6) is 11.5 Å². The van der Waals surface area contributed by atoms with Crippen LogP contribution in [0.3, 0.4) is 0 Å². The van der Waals surface area contributed by atoms with E-state index in [0.29, 0.717) is 11.3 Å². The summed E-state index contributed by atoms with van der Waals surface area (Å²) >= 11 is 0. The van der Waals surface area contributed by atoms with Crippen LogP contribution in [0, 0.1) is 11.3 Å². The van der Waals surface area contributed by atoms with Gasteiger partial charge in [-0.1, -0.05) is 36.4 Å². The summed E-state index contributed by atoms with van der Waals surface area (Å²) in [5.41, 5.74) is 1.45. The number of carbonyl (C=O) groups excluding carboxylic acids is 1. The Bertz CT molecular complexity index is 1020. The quantitative estimate of drug-likeness (QED) is 0.483. The standard InChI is InChI=1S/C22H17NO3/c1-25-20-9-8-17-14-19(7-6-18(17)15-20)22(24)10-5-16-3-2-4-21(13-16)26-12-11-23/h2-10,13-15H,12H2,1H3. The van der Waals surface area contributed by atoms with E-state index in [0.717, 1.165) is 22.1 Å². The van der Waals surface area contributed by atoms with Gasteiger partial charge in [-0.15, -0.1) is 0 Å². The van der Waals surface area contributed by atoms with Gasteiger partial charge >= 0.3 is 0 Å². The number of ether oxygens (including phenoxy) is 2. The van der Waals surface area contributed by atoms with Crippen LogP contribution in [0.2, 0.25) is 0 Å². The lowest BCUT2D eigenvalue weighted by Crippen LogP contribution is -1.95. The van der Waals surface area contributed by atoms with Crippen LogP contribution >= 0.6 is 0 Å². The molecule has 128 valence electrons. The average Bonchev–Trinajstić information content (AvgIpc) is 2.70. The molecule has 0 atom stereocenters. The van der Waals surface area contributed by atoms with Crippen molar-refractivity contribution in [2.24, 2.45) is 0 Å². The van der Waals surface area contributed by atoms with Crippen molar-refractivity contribution in [2.45, 2.75) is 0 Å². The molecule has 0 amide bonds. The first kappa shape index (κ1) is 17.2. The predicted molar refractivity (Wildman–Crippen MR) is 101 cm³/mol. The lowest BCUT2D eigenvalue weighted by atomic mass is 10.0. The third-order valence-corrected chi connectivity index (χ3v) is 3.92. The third kappa shape index (κ3) is 4.08. The summed E-state index contributed by atoms with van der Waals surface area (Å²) in [4.78, 5) is 12.5. The SMILES string of the molecule is COc1ccc2cc(C(=O)C=Cc3cccc(OCC#N)c3)ccc2c1. The molecule has 0 heterocycles. The number of nitrogens with zero attached hydrogens (tertiary/aromatic N) is 1. The molecule has 0 unspecified atom stereocenters. The van der Waals surface area contributed by atoms with E-state index >= 15 is 0 Å². The lowest BCUT2D eigenvalue weighted by molar-refractivity contribution is 0.104. The van der Waals surface area contributed by atoms with Crippen molar-refractivity contribution in [1.29, 1.82) is 5.26 Å². The van der Waals surface area contributed by atoms with E-state index in [1.165, 1.54) is 6.08 Å². The second-order valence-electron chi connectivity index (χ2n) is 5.64. The molecule has 26 heavy (non-hydrogen) atoms. The highest BCUT2D eigenvalue weighted by Gasteiger charge is 2.04. The van der Waals surface area contributed by atoms with Crippen molar-refractivity contribution < 1.29 is 14.3 Å². The molecule has 0 radical (unpaired) electrons. The largest absolute Gasteiger partial charge is 0.497 e. The molecule has 0 N–H and O–H groups in total. The molecule has 3 aromatic carbocycles. The van der Waals surface area contributed by atoms with Crippen molar-refractivity contribution in [2.75, 3.05) is 13.7 Å². The van der Waals surface area contributed by atoms with E-state index in [2.05, 4.69) is 0 Å². The molecule has 0 spiro atoms. The van der Waals surface area contributed by atoms with Crippen molar-refractivity contribution in [3.8, 4) is 17.6 Å². The fourth-order valence-corrected chi connectivity index (χ4v) is 2.60. The smallest absolute Gasteiger partial charge is 0.185 e. The maximum Gasteiger partial charge on any atom is 0.185 e. The summed E-state index contributed by atoms with van der Waals surface area (Å²) < 4.78 is 10.5. The fourth-order valence-electron chi connectivity index (χ4n) is 2.60. The maximum absolute atomic E-state index is 12.5. The number of benzene rings is 3. The topological polar surface area (TPSA) is 59.3 Å². The first-order chi connectivity index (χ1) is 12.7. The molecular formula is C22H17NO3. The second-order valence-corrected chi connectivity index (χ2v) is 5.64. The van der Waals surface area contributed by atoms with Crippen LogP contribution in [-0.2, 0) is 0 Å². The first-order valence-corrected chi connectivity index (χ1v) is 8.09. The zero-order valence-electron chi connectivity index (χ0n) is 14.3. The minimum absolute atomic E-state index is 0.00598. The van der Waals surface area contributed by atoms with Crippen LogP contribution in [0.15, 0.2) is 66.7 Å². The fraction of sp³-hybridized carbons (Fsp3) is 0.0909. The Kier molecular flexibility index (Phi) is 5.31. The Balaban J connectivity index is 1.78. The lowest BCUT2D eigenvalue weighted by Gasteiger charge is -2.04. The van der Waals surface area contributed by atoms with Crippen LogP contribution in [-0.4, -0.2) is 19.5 Å². The van der Waals surface area contributed by atoms with Gasteiger partial charge in [-0.05, 0) is 52.7 Å². The zero-order valence-corrected chi connectivity index (χ0v) is 14.3. The Hall–Kier alpha value is -3.58. The van der Waals surface area contributed by atoms with Crippen LogP contribution in [0.1, 0.15) is 15.9 Å². The van der Waals surface area contributed by atoms with Crippen molar-refractivity contribution in [3.63, 3.8) is 0 Å². The van der Waals surface area contributed by atoms with Crippen LogP contribution < -0.4 is 9.47 Å². The van der Waals surface area contributed by atoms with Gasteiger partial charge in [0.25, 0.3) is 0 Å². The predicted octanol–water partition coefficient (Wildman–Crippen LogP) is 4.65. The van der Waals surface area contributed by atoms with E-state index in [-0.39, 0.29) is 12.4 Å². The molecule has 3 rings (SSSR count). The summed E-state index contributed by atoms with van der Waals surface area (Å²) in [6, 6.07) is 20.5. The highest BCUT2D eigenvalue weighted by Crippen LogP contribution is 2.22. The second kappa shape index (κ2) is 8.00. The molecule has 0 aliphatic heterocycles. The summed E-state index contributed by atoms with van der Waals surface area (Å²) in [5.74, 6) is 1.31. The van der Waals surface area contributed by atoms with E-state index in [9.17, 15) is 4.79 Å². The van der Waals surface area contributed by atoms with Gasteiger partial charge in [-0.3, -0.25) is 4.79 Å². The summed E-state index contributed by atoms with van der Waals surface area (Å²) in [6.07, 6.45) is 3.27. The number of methoxy groups -OCH3 is 1. The highest BCUT2D eigenvalue weighted by molar-refractivity contribution is 6.08. The number of hydrogen-bond acceptors (Lipinski definition) is 4. The molecule has 0 aliphatic rings. The Morgan fingerprint density at radius 3 is 2.65 bits per heavy atom. The van der Waals surface area contributed by atoms with Crippen LogP contribution in [0.4, 0.5) is 0 Å². The van der Waals surface area contributed by atoms with Gasteiger partial charge in [-0.25, -0.2) is 0 Å². The first-order valence-electron chi connectivity index (χ1n) is 8.09. The van der Waals surface area contributed by atoms with Crippen molar-refractivity contribution in [1.82, 2.24) is 0 Å². The highest BCUT2D eigenvalue weighted by atomic mass is 16.5. The number of ketones is 1. The van der Waals surface area contributed by atoms with Gasteiger partial charge in [0, 0.05) is 5.56 Å². The van der Waals surface area contributed by atoms with Gasteiger partial charge in [0.05, 0.1) is 7.11 Å². The summed E-state index contributed by atoms with van der Waals surface area (Å²) in [7, 11) is 1.63. The molecule has 0 saturated carbocycles. The molecule has 0 fully saturated rings. The minimum Gasteiger partial charge on any atom is -0.497 e. The van der Waals surface area contributed by atoms with E-state index in [1.807, 2.05) is 48.5 Å². The Morgan fingerprint density at radius 1 is 1.04 bits per heavy atom. The van der Waals surface area contributed by atoms with E-state index in [1.54, 1.807) is 31.4 Å². The number of nitriles is 1. The molecular weight excluding hydrogens is 326 g/mol. The van der Waals surface area contributed by atoms with Crippen molar-refractivity contribution in [3.05, 3.63) is 77.9 Å². The molecule has 0 bridgehead atoms. The number of allylic oxidation sites excluding steroid dienone is 1. The summed E-state index contributed by atoms with van der Waals surface area (Å²) in [5, 5.41) is 10.6. The van der Waals surface area contributed by atoms with Crippen LogP contribution in [0.25, 0.3) is 16.8 Å². The average molecular weight is 343 g/mol. The number of carbonyl (C=O) groups is 1. The number of rotatable bonds is 6. The van der Waals surface area contributed by atoms with Crippen molar-refractivity contribution >= 4 is 22.6 Å². The Morgan fingerprint density at radius 2 is 1.85 bits per heavy atom. The molecule has 4 heteroatoms. The molecule has 0 aromatic heterocycles. The van der Waals surface area contributed by atoms with Gasteiger partial charge in [0.2, 0.25) is 0 Å². The van der Waals surface area contributed by atoms with E-state index < -0.39 is 0 Å². The number of hydrogen-bond donors (Lipinski definition) is 0. The Labute approximate surface area is 151 Å². The molecule has 0 aliphatic carbocycles. The zero-order chi connectivity index (χ0) is 18.4. The summed E-state index contributed by atoms with van der Waals surface area (Å²) in [6.45, 7) is -0.00598. The molecule has 3 aromatic rings. The van der Waals surface area contributed by atoms with Gasteiger partial charge in [0.15, 0.2) is 12.4 Å². The van der Waals surface area contributed by atoms with Gasteiger partial charge < -0.3 is 9.47 Å². The molecule has 0 saturated heterocycles. The number of fused-ring (bicyclic) bond motifs is 1. The minimum atomic E-state index is -0.0777. The third-order valence-electron chi connectivity index (χ3n) is 3.92. The van der Waals surface area contributed by atoms with E-state index in [4.69, 9.17) is 14.7 Å².